The van der Waals surface area contributed by atoms with E-state index in [1.165, 1.54) is 25.1 Å². The fourth-order valence-electron chi connectivity index (χ4n) is 2.63. The molecule has 0 aliphatic rings. The van der Waals surface area contributed by atoms with Crippen LogP contribution in [0.2, 0.25) is 5.02 Å². The molecule has 0 radical (unpaired) electrons. The number of nitrogens with zero attached hydrogens (tertiary/aromatic N) is 3. The van der Waals surface area contributed by atoms with E-state index in [-0.39, 0.29) is 5.56 Å². The molecule has 0 N–H and O–H groups in total. The number of ether oxygens (including phenoxy) is 2. The van der Waals surface area contributed by atoms with Gasteiger partial charge in [0, 0.05) is 22.5 Å². The number of rotatable bonds is 5. The first kappa shape index (κ1) is 19.4. The van der Waals surface area contributed by atoms with Gasteiger partial charge in [0.2, 0.25) is 0 Å². The Bertz CT molecular complexity index is 1100. The van der Waals surface area contributed by atoms with Crippen molar-refractivity contribution in [2.45, 2.75) is 13.3 Å². The zero-order valence-corrected chi connectivity index (χ0v) is 17.3. The Balaban J connectivity index is 2.14. The van der Waals surface area contributed by atoms with Crippen molar-refractivity contribution in [3.63, 3.8) is 0 Å². The van der Waals surface area contributed by atoms with Gasteiger partial charge in [-0.25, -0.2) is 4.98 Å². The molecule has 1 aromatic heterocycles. The maximum atomic E-state index is 12.9. The highest BCUT2D eigenvalue weighted by molar-refractivity contribution is 9.10. The Labute approximate surface area is 169 Å². The standard InChI is InChI=1S/C19H17BrClN3O3/c1-4-18-23-15-6-5-12(20)8-13(15)19(25)24(18)22-10-11-7-16(26-2)17(27-3)9-14(11)21/h5-10H,4H2,1-3H3. The molecule has 0 spiro atoms. The van der Waals surface area contributed by atoms with Crippen molar-refractivity contribution in [3.8, 4) is 11.5 Å². The molecule has 0 bridgehead atoms. The number of aromatic nitrogens is 2. The first-order valence-corrected chi connectivity index (χ1v) is 9.32. The van der Waals surface area contributed by atoms with E-state index in [0.29, 0.717) is 45.2 Å². The van der Waals surface area contributed by atoms with E-state index in [4.69, 9.17) is 21.1 Å². The minimum Gasteiger partial charge on any atom is -0.493 e. The van der Waals surface area contributed by atoms with Crippen LogP contribution in [-0.2, 0) is 6.42 Å². The van der Waals surface area contributed by atoms with Gasteiger partial charge < -0.3 is 9.47 Å². The summed E-state index contributed by atoms with van der Waals surface area (Å²) < 4.78 is 12.6. The summed E-state index contributed by atoms with van der Waals surface area (Å²) in [5.74, 6) is 1.60. The maximum Gasteiger partial charge on any atom is 0.282 e. The Morgan fingerprint density at radius 1 is 1.22 bits per heavy atom. The third kappa shape index (κ3) is 3.84. The van der Waals surface area contributed by atoms with E-state index in [0.717, 1.165) is 4.47 Å². The largest absolute Gasteiger partial charge is 0.493 e. The Kier molecular flexibility index (Phi) is 5.82. The SMILES string of the molecule is CCc1nc2ccc(Br)cc2c(=O)n1N=Cc1cc(OC)c(OC)cc1Cl. The molecule has 0 amide bonds. The highest BCUT2D eigenvalue weighted by atomic mass is 79.9. The molecular weight excluding hydrogens is 434 g/mol. The van der Waals surface area contributed by atoms with Crippen LogP contribution in [-0.4, -0.2) is 30.1 Å². The highest BCUT2D eigenvalue weighted by Crippen LogP contribution is 2.32. The smallest absolute Gasteiger partial charge is 0.282 e. The molecule has 3 aromatic rings. The molecular formula is C19H17BrClN3O3. The molecule has 0 saturated carbocycles. The lowest BCUT2D eigenvalue weighted by molar-refractivity contribution is 0.355. The van der Waals surface area contributed by atoms with Crippen LogP contribution in [0.25, 0.3) is 10.9 Å². The molecule has 27 heavy (non-hydrogen) atoms. The quantitative estimate of drug-likeness (QED) is 0.544. The Morgan fingerprint density at radius 3 is 2.59 bits per heavy atom. The lowest BCUT2D eigenvalue weighted by Crippen LogP contribution is -2.22. The summed E-state index contributed by atoms with van der Waals surface area (Å²) >= 11 is 9.68. The van der Waals surface area contributed by atoms with Gasteiger partial charge in [-0.05, 0) is 24.3 Å². The zero-order chi connectivity index (χ0) is 19.6. The predicted octanol–water partition coefficient (Wildman–Crippen LogP) is 4.27. The van der Waals surface area contributed by atoms with Crippen LogP contribution < -0.4 is 15.0 Å². The molecule has 6 nitrogen and oxygen atoms in total. The van der Waals surface area contributed by atoms with Crippen LogP contribution in [0.1, 0.15) is 18.3 Å². The van der Waals surface area contributed by atoms with Gasteiger partial charge in [-0.2, -0.15) is 9.78 Å². The second kappa shape index (κ2) is 8.10. The molecule has 8 heteroatoms. The maximum absolute atomic E-state index is 12.9. The van der Waals surface area contributed by atoms with Gasteiger partial charge in [-0.1, -0.05) is 34.5 Å². The fraction of sp³-hybridized carbons (Fsp3) is 0.211. The second-order valence-corrected chi connectivity index (χ2v) is 6.96. The predicted molar refractivity (Wildman–Crippen MR) is 111 cm³/mol. The first-order chi connectivity index (χ1) is 13.0. The number of hydrogen-bond acceptors (Lipinski definition) is 5. The average molecular weight is 451 g/mol. The lowest BCUT2D eigenvalue weighted by atomic mass is 10.2. The summed E-state index contributed by atoms with van der Waals surface area (Å²) in [6.07, 6.45) is 2.06. The van der Waals surface area contributed by atoms with E-state index >= 15 is 0 Å². The van der Waals surface area contributed by atoms with Gasteiger partial charge in [0.15, 0.2) is 11.5 Å². The van der Waals surface area contributed by atoms with E-state index in [9.17, 15) is 4.79 Å². The van der Waals surface area contributed by atoms with Crippen molar-refractivity contribution >= 4 is 44.6 Å². The normalized spacial score (nSPS) is 11.3. The lowest BCUT2D eigenvalue weighted by Gasteiger charge is -2.10. The summed E-state index contributed by atoms with van der Waals surface area (Å²) in [5.41, 5.74) is 0.985. The van der Waals surface area contributed by atoms with E-state index in [2.05, 4.69) is 26.0 Å². The number of aryl methyl sites for hydroxylation is 1. The third-order valence-corrected chi connectivity index (χ3v) is 4.83. The second-order valence-electron chi connectivity index (χ2n) is 5.63. The molecule has 140 valence electrons. The summed E-state index contributed by atoms with van der Waals surface area (Å²) in [6.45, 7) is 1.92. The monoisotopic (exact) mass is 449 g/mol. The van der Waals surface area contributed by atoms with Gasteiger partial charge in [-0.3, -0.25) is 4.79 Å². The average Bonchev–Trinajstić information content (AvgIpc) is 2.68. The molecule has 0 aliphatic heterocycles. The van der Waals surface area contributed by atoms with Gasteiger partial charge in [0.05, 0.1) is 36.4 Å². The van der Waals surface area contributed by atoms with E-state index in [1.807, 2.05) is 13.0 Å². The molecule has 0 atom stereocenters. The van der Waals surface area contributed by atoms with Gasteiger partial charge >= 0.3 is 0 Å². The van der Waals surface area contributed by atoms with Crippen LogP contribution in [0.15, 0.2) is 44.7 Å². The Morgan fingerprint density at radius 2 is 1.93 bits per heavy atom. The minimum atomic E-state index is -0.244. The fourth-order valence-corrected chi connectivity index (χ4v) is 3.19. The van der Waals surface area contributed by atoms with E-state index < -0.39 is 0 Å². The summed E-state index contributed by atoms with van der Waals surface area (Å²) in [4.78, 5) is 17.4. The van der Waals surface area contributed by atoms with Crippen LogP contribution >= 0.6 is 27.5 Å². The zero-order valence-electron chi connectivity index (χ0n) is 15.0. The van der Waals surface area contributed by atoms with Crippen LogP contribution in [0.5, 0.6) is 11.5 Å². The summed E-state index contributed by atoms with van der Waals surface area (Å²) in [6, 6.07) is 8.73. The van der Waals surface area contributed by atoms with Gasteiger partial charge in [0.25, 0.3) is 5.56 Å². The molecule has 0 unspecified atom stereocenters. The van der Waals surface area contributed by atoms with Crippen molar-refractivity contribution in [3.05, 3.63) is 61.6 Å². The van der Waals surface area contributed by atoms with Crippen LogP contribution in [0.3, 0.4) is 0 Å². The van der Waals surface area contributed by atoms with Crippen molar-refractivity contribution in [2.24, 2.45) is 5.10 Å². The van der Waals surface area contributed by atoms with Crippen molar-refractivity contribution in [1.82, 2.24) is 9.66 Å². The molecule has 0 fully saturated rings. The summed E-state index contributed by atoms with van der Waals surface area (Å²) in [5, 5.41) is 5.25. The molecule has 2 aromatic carbocycles. The number of methoxy groups -OCH3 is 2. The van der Waals surface area contributed by atoms with Crippen LogP contribution in [0, 0.1) is 0 Å². The number of hydrogen-bond donors (Lipinski definition) is 0. The first-order valence-electron chi connectivity index (χ1n) is 8.15. The van der Waals surface area contributed by atoms with Crippen molar-refractivity contribution < 1.29 is 9.47 Å². The van der Waals surface area contributed by atoms with Gasteiger partial charge in [0.1, 0.15) is 5.82 Å². The molecule has 1 heterocycles. The van der Waals surface area contributed by atoms with Crippen molar-refractivity contribution in [1.29, 1.82) is 0 Å². The summed E-state index contributed by atoms with van der Waals surface area (Å²) in [7, 11) is 3.07. The number of fused-ring (bicyclic) bond motifs is 1. The molecule has 3 rings (SSSR count). The topological polar surface area (TPSA) is 65.7 Å². The third-order valence-electron chi connectivity index (χ3n) is 4.01. The van der Waals surface area contributed by atoms with Crippen molar-refractivity contribution in [2.75, 3.05) is 14.2 Å². The van der Waals surface area contributed by atoms with Crippen LogP contribution in [0.4, 0.5) is 0 Å². The number of halogens is 2. The highest BCUT2D eigenvalue weighted by Gasteiger charge is 2.11. The molecule has 0 saturated heterocycles. The molecule has 0 aliphatic carbocycles. The van der Waals surface area contributed by atoms with E-state index in [1.54, 1.807) is 24.3 Å². The number of benzene rings is 2. The minimum absolute atomic E-state index is 0.244. The Hall–Kier alpha value is -2.38. The van der Waals surface area contributed by atoms with Gasteiger partial charge in [-0.15, -0.1) is 0 Å².